The van der Waals surface area contributed by atoms with Crippen molar-refractivity contribution in [3.8, 4) is 0 Å². The molecule has 1 heterocycles. The second kappa shape index (κ2) is 9.08. The maximum atomic E-state index is 11.2. The van der Waals surface area contributed by atoms with Gasteiger partial charge in [-0.3, -0.25) is 4.18 Å². The first-order valence-electron chi connectivity index (χ1n) is 13.1. The van der Waals surface area contributed by atoms with Gasteiger partial charge >= 0.3 is 36.7 Å². The summed E-state index contributed by atoms with van der Waals surface area (Å²) in [6, 6.07) is 10.3. The van der Waals surface area contributed by atoms with E-state index in [0.717, 1.165) is 37.6 Å². The summed E-state index contributed by atoms with van der Waals surface area (Å²) in [6.07, 6.45) is 7.55. The van der Waals surface area contributed by atoms with Crippen LogP contribution in [-0.2, 0) is 23.9 Å². The van der Waals surface area contributed by atoms with Crippen molar-refractivity contribution in [3.05, 3.63) is 30.3 Å². The molecule has 6 rings (SSSR count). The zero-order valence-electron chi connectivity index (χ0n) is 21.4. The van der Waals surface area contributed by atoms with Gasteiger partial charge in [0.15, 0.2) is 0 Å². The summed E-state index contributed by atoms with van der Waals surface area (Å²) < 4.78 is 51.7. The maximum absolute atomic E-state index is 11.2. The van der Waals surface area contributed by atoms with Crippen LogP contribution in [0.25, 0.3) is 0 Å². The van der Waals surface area contributed by atoms with E-state index in [0.29, 0.717) is 36.5 Å². The molecular formula is C26H36BNaO6S. The molecule has 0 spiro atoms. The summed E-state index contributed by atoms with van der Waals surface area (Å²) in [4.78, 5) is 0. The van der Waals surface area contributed by atoms with Crippen molar-refractivity contribution < 1.29 is 56.0 Å². The maximum Gasteiger partial charge on any atom is 1.00 e. The molecule has 1 aromatic carbocycles. The third kappa shape index (κ3) is 4.14. The first-order valence-corrected chi connectivity index (χ1v) is 14.4. The van der Waals surface area contributed by atoms with Gasteiger partial charge < -0.3 is 13.9 Å². The summed E-state index contributed by atoms with van der Waals surface area (Å²) >= 11 is 0. The quantitative estimate of drug-likeness (QED) is 0.344. The van der Waals surface area contributed by atoms with Crippen molar-refractivity contribution in [2.45, 2.75) is 89.9 Å². The van der Waals surface area contributed by atoms with Crippen molar-refractivity contribution >= 4 is 23.0 Å². The first-order chi connectivity index (χ1) is 16.0. The Hall–Kier alpha value is 0.0749. The third-order valence-electron chi connectivity index (χ3n) is 11.2. The van der Waals surface area contributed by atoms with Gasteiger partial charge in [0.1, 0.15) is 0 Å². The topological polar surface area (TPSA) is 84.9 Å². The van der Waals surface area contributed by atoms with E-state index in [1.807, 2.05) is 18.2 Å². The molecule has 1 saturated heterocycles. The van der Waals surface area contributed by atoms with E-state index < -0.39 is 16.5 Å². The van der Waals surface area contributed by atoms with Crippen LogP contribution in [0.3, 0.4) is 0 Å². The predicted molar refractivity (Wildman–Crippen MR) is 128 cm³/mol. The Morgan fingerprint density at radius 1 is 1.00 bits per heavy atom. The van der Waals surface area contributed by atoms with Crippen LogP contribution >= 0.6 is 0 Å². The van der Waals surface area contributed by atoms with E-state index in [9.17, 15) is 13.0 Å². The van der Waals surface area contributed by atoms with Gasteiger partial charge in [-0.25, -0.2) is 8.42 Å². The first kappa shape index (κ1) is 26.7. The molecule has 4 saturated carbocycles. The van der Waals surface area contributed by atoms with Crippen molar-refractivity contribution in [1.29, 1.82) is 0 Å². The second-order valence-corrected chi connectivity index (χ2v) is 13.4. The fraction of sp³-hybridized carbons (Fsp3) is 0.769. The Morgan fingerprint density at radius 3 is 2.46 bits per heavy atom. The van der Waals surface area contributed by atoms with Crippen LogP contribution in [0.4, 0.5) is 0 Å². The van der Waals surface area contributed by atoms with Crippen molar-refractivity contribution in [2.24, 2.45) is 34.5 Å². The molecule has 1 aromatic rings. The van der Waals surface area contributed by atoms with E-state index in [1.54, 1.807) is 0 Å². The molecule has 5 aliphatic rings. The van der Waals surface area contributed by atoms with Crippen LogP contribution in [0.15, 0.2) is 30.3 Å². The minimum absolute atomic E-state index is 0. The van der Waals surface area contributed by atoms with Gasteiger partial charge in [-0.1, -0.05) is 44.2 Å². The van der Waals surface area contributed by atoms with Gasteiger partial charge in [0, 0.05) is 5.41 Å². The molecule has 9 heteroatoms. The van der Waals surface area contributed by atoms with Gasteiger partial charge in [0.25, 0.3) is 0 Å². The molecule has 4 aliphatic carbocycles. The summed E-state index contributed by atoms with van der Waals surface area (Å²) in [6.45, 7) is 7.16. The van der Waals surface area contributed by atoms with Crippen LogP contribution in [0.2, 0.25) is 0 Å². The molecule has 186 valence electrons. The van der Waals surface area contributed by atoms with E-state index in [2.05, 4.69) is 32.9 Å². The molecule has 0 bridgehead atoms. The fourth-order valence-electron chi connectivity index (χ4n) is 9.22. The van der Waals surface area contributed by atoms with Crippen molar-refractivity contribution in [2.75, 3.05) is 0 Å². The summed E-state index contributed by atoms with van der Waals surface area (Å²) in [5.74, 6) is 2.27. The van der Waals surface area contributed by atoms with Gasteiger partial charge in [-0.05, 0) is 92.8 Å². The van der Waals surface area contributed by atoms with Crippen molar-refractivity contribution in [1.82, 2.24) is 0 Å². The van der Waals surface area contributed by atoms with Gasteiger partial charge in [0.05, 0.1) is 17.8 Å². The number of hydrogen-bond donors (Lipinski definition) is 0. The number of hydrogen-bond acceptors (Lipinski definition) is 6. The second-order valence-electron chi connectivity index (χ2n) is 12.3. The zero-order chi connectivity index (χ0) is 23.9. The van der Waals surface area contributed by atoms with Crippen molar-refractivity contribution in [3.63, 3.8) is 0 Å². The number of rotatable bonds is 3. The fourth-order valence-corrected chi connectivity index (χ4v) is 9.73. The largest absolute Gasteiger partial charge is 1.00 e. The molecule has 0 unspecified atom stereocenters. The molecule has 0 aromatic heterocycles. The predicted octanol–water partition coefficient (Wildman–Crippen LogP) is 1.06. The SMILES string of the molecule is C[C@]12CC[C@H](OS(=O)(=O)[O-])C[C@@H]1CC[C@@H]1[C@@H]2CC[C@@]2(C)[C@H]1C[C@@H]1OB(c3ccccc3)O[C@@]12C.[Na+]. The Balaban J connectivity index is 0.00000253. The number of benzene rings is 1. The van der Waals surface area contributed by atoms with Gasteiger partial charge in [-0.15, -0.1) is 0 Å². The molecule has 9 atom stereocenters. The molecule has 35 heavy (non-hydrogen) atoms. The molecular weight excluding hydrogens is 474 g/mol. The van der Waals surface area contributed by atoms with Crippen LogP contribution < -0.4 is 35.0 Å². The molecule has 1 aliphatic heterocycles. The van der Waals surface area contributed by atoms with E-state index in [1.165, 1.54) is 6.42 Å². The van der Waals surface area contributed by atoms with Gasteiger partial charge in [-0.2, -0.15) is 0 Å². The standard InChI is InChI=1S/C26H37BO6S.Na/c1-24-13-11-19(32-34(28,29)30)15-17(24)9-10-20-21(24)12-14-25(2)22(20)16-23-26(25,3)33-27(31-23)18-7-5-4-6-8-18;/h4-8,17,19-23H,9-16H2,1-3H3,(H,28,29,30);/q;+1/p-1/t17-,19-,20+,21-,22-,23-,24-,25-,26-;/m0./s1. The third-order valence-corrected chi connectivity index (χ3v) is 11.7. The Bertz CT molecular complexity index is 1060. The Morgan fingerprint density at radius 2 is 1.74 bits per heavy atom. The summed E-state index contributed by atoms with van der Waals surface area (Å²) in [5, 5.41) is 0. The van der Waals surface area contributed by atoms with Crippen LogP contribution in [0, 0.1) is 34.5 Å². The van der Waals surface area contributed by atoms with E-state index in [4.69, 9.17) is 13.5 Å². The monoisotopic (exact) mass is 510 g/mol. The normalized spacial score (nSPS) is 46.7. The minimum atomic E-state index is -4.64. The Labute approximate surface area is 232 Å². The van der Waals surface area contributed by atoms with Crippen LogP contribution in [0.5, 0.6) is 0 Å². The molecule has 0 radical (unpaired) electrons. The summed E-state index contributed by atoms with van der Waals surface area (Å²) in [5.41, 5.74) is 1.08. The Kier molecular flexibility index (Phi) is 6.92. The van der Waals surface area contributed by atoms with E-state index >= 15 is 0 Å². The zero-order valence-corrected chi connectivity index (χ0v) is 24.3. The van der Waals surface area contributed by atoms with E-state index in [-0.39, 0.29) is 59.2 Å². The average molecular weight is 510 g/mol. The molecule has 0 N–H and O–H groups in total. The molecule has 0 amide bonds. The number of fused-ring (bicyclic) bond motifs is 7. The van der Waals surface area contributed by atoms with Crippen LogP contribution in [-0.4, -0.2) is 37.9 Å². The smallest absolute Gasteiger partial charge is 0.726 e. The molecule has 5 fully saturated rings. The van der Waals surface area contributed by atoms with Gasteiger partial charge in [0.2, 0.25) is 10.4 Å². The summed E-state index contributed by atoms with van der Waals surface area (Å²) in [7, 11) is -4.93. The van der Waals surface area contributed by atoms with Crippen LogP contribution in [0.1, 0.15) is 72.1 Å². The average Bonchev–Trinajstić information content (AvgIpc) is 3.23. The molecule has 6 nitrogen and oxygen atoms in total. The minimum Gasteiger partial charge on any atom is -0.726 e.